The number of ether oxygens (including phenoxy) is 1. The van der Waals surface area contributed by atoms with Crippen molar-refractivity contribution in [3.8, 4) is 11.5 Å². The molecule has 0 bridgehead atoms. The molecule has 1 rings (SSSR count). The van der Waals surface area contributed by atoms with Gasteiger partial charge in [0.15, 0.2) is 0 Å². The summed E-state index contributed by atoms with van der Waals surface area (Å²) in [6, 6.07) is 6.99. The second-order valence-electron chi connectivity index (χ2n) is 8.35. The second kappa shape index (κ2) is 19.2. The quantitative estimate of drug-likeness (QED) is 0.225. The van der Waals surface area contributed by atoms with E-state index in [4.69, 9.17) is 4.74 Å². The van der Waals surface area contributed by atoms with Gasteiger partial charge >= 0.3 is 0 Å². The van der Waals surface area contributed by atoms with Crippen LogP contribution in [0.3, 0.4) is 0 Å². The Hall–Kier alpha value is -1.18. The van der Waals surface area contributed by atoms with Crippen LogP contribution in [0, 0.1) is 0 Å². The Kier molecular flexibility index (Phi) is 17.0. The van der Waals surface area contributed by atoms with Gasteiger partial charge in [-0.3, -0.25) is 0 Å². The fourth-order valence-corrected chi connectivity index (χ4v) is 3.74. The molecular formula is C26H46O2. The maximum atomic E-state index is 9.24. The molecule has 0 aromatic heterocycles. The van der Waals surface area contributed by atoms with Gasteiger partial charge in [0, 0.05) is 0 Å². The molecule has 0 radical (unpaired) electrons. The minimum absolute atomic E-state index is 0.292. The summed E-state index contributed by atoms with van der Waals surface area (Å²) in [6.45, 7) is 3.07. The zero-order valence-corrected chi connectivity index (χ0v) is 18.6. The van der Waals surface area contributed by atoms with Crippen molar-refractivity contribution < 1.29 is 9.84 Å². The van der Waals surface area contributed by atoms with Crippen molar-refractivity contribution in [1.82, 2.24) is 0 Å². The van der Waals surface area contributed by atoms with Crippen molar-refractivity contribution in [2.24, 2.45) is 0 Å². The van der Waals surface area contributed by atoms with Crippen LogP contribution in [0.5, 0.6) is 11.5 Å². The van der Waals surface area contributed by atoms with E-state index in [0.717, 1.165) is 18.8 Å². The summed E-state index contributed by atoms with van der Waals surface area (Å²) in [6.07, 6.45) is 25.2. The number of hydrogen-bond donors (Lipinski definition) is 1. The van der Waals surface area contributed by atoms with Crippen molar-refractivity contribution in [2.45, 2.75) is 122 Å². The van der Waals surface area contributed by atoms with Gasteiger partial charge in [0.05, 0.1) is 6.61 Å². The molecule has 2 heteroatoms. The fourth-order valence-electron chi connectivity index (χ4n) is 3.74. The molecule has 1 aromatic carbocycles. The maximum Gasteiger partial charge on any atom is 0.119 e. The van der Waals surface area contributed by atoms with Gasteiger partial charge in [0.25, 0.3) is 0 Å². The maximum absolute atomic E-state index is 9.24. The van der Waals surface area contributed by atoms with Gasteiger partial charge < -0.3 is 9.84 Å². The van der Waals surface area contributed by atoms with Crippen LogP contribution in [0.25, 0.3) is 0 Å². The molecule has 0 amide bonds. The molecule has 1 N–H and O–H groups in total. The Bertz CT molecular complexity index is 427. The molecule has 28 heavy (non-hydrogen) atoms. The smallest absolute Gasteiger partial charge is 0.119 e. The van der Waals surface area contributed by atoms with E-state index in [-0.39, 0.29) is 0 Å². The van der Waals surface area contributed by atoms with Crippen LogP contribution in [0.4, 0.5) is 0 Å². The Labute approximate surface area is 175 Å². The minimum atomic E-state index is 0.292. The largest absolute Gasteiger partial charge is 0.508 e. The highest BCUT2D eigenvalue weighted by Crippen LogP contribution is 2.17. The Morgan fingerprint density at radius 1 is 0.536 bits per heavy atom. The predicted molar refractivity (Wildman–Crippen MR) is 122 cm³/mol. The summed E-state index contributed by atoms with van der Waals surface area (Å²) in [5.74, 6) is 1.14. The van der Waals surface area contributed by atoms with Crippen molar-refractivity contribution in [2.75, 3.05) is 6.61 Å². The summed E-state index contributed by atoms with van der Waals surface area (Å²) in [7, 11) is 0. The van der Waals surface area contributed by atoms with E-state index in [1.165, 1.54) is 109 Å². The molecule has 0 fully saturated rings. The number of unbranched alkanes of at least 4 members (excludes halogenated alkanes) is 17. The molecule has 0 atom stereocenters. The van der Waals surface area contributed by atoms with E-state index in [9.17, 15) is 5.11 Å². The normalized spacial score (nSPS) is 11.0. The number of phenols is 1. The fraction of sp³-hybridized carbons (Fsp3) is 0.769. The molecule has 0 saturated heterocycles. The molecule has 0 spiro atoms. The first-order valence-electron chi connectivity index (χ1n) is 12.2. The third-order valence-electron chi connectivity index (χ3n) is 5.60. The monoisotopic (exact) mass is 390 g/mol. The number of aromatic hydroxyl groups is 1. The summed E-state index contributed by atoms with van der Waals surface area (Å²) < 4.78 is 5.68. The first-order valence-corrected chi connectivity index (χ1v) is 12.2. The summed E-state index contributed by atoms with van der Waals surface area (Å²) in [4.78, 5) is 0. The van der Waals surface area contributed by atoms with Gasteiger partial charge in [-0.15, -0.1) is 0 Å². The van der Waals surface area contributed by atoms with E-state index in [1.807, 2.05) is 12.1 Å². The lowest BCUT2D eigenvalue weighted by Gasteiger charge is -2.06. The van der Waals surface area contributed by atoms with Crippen LogP contribution in [-0.4, -0.2) is 11.7 Å². The van der Waals surface area contributed by atoms with Gasteiger partial charge in [-0.05, 0) is 30.7 Å². The zero-order chi connectivity index (χ0) is 20.1. The van der Waals surface area contributed by atoms with E-state index in [1.54, 1.807) is 12.1 Å². The number of benzene rings is 1. The first kappa shape index (κ1) is 24.9. The average Bonchev–Trinajstić information content (AvgIpc) is 2.71. The average molecular weight is 391 g/mol. The molecule has 0 unspecified atom stereocenters. The molecule has 162 valence electrons. The van der Waals surface area contributed by atoms with E-state index >= 15 is 0 Å². The van der Waals surface area contributed by atoms with Gasteiger partial charge in [-0.2, -0.15) is 0 Å². The molecule has 0 aliphatic heterocycles. The first-order chi connectivity index (χ1) is 13.8. The van der Waals surface area contributed by atoms with Crippen LogP contribution in [0.1, 0.15) is 122 Å². The Balaban J connectivity index is 1.70. The lowest BCUT2D eigenvalue weighted by Crippen LogP contribution is -1.96. The topological polar surface area (TPSA) is 29.5 Å². The number of phenolic OH excluding ortho intramolecular Hbond substituents is 1. The van der Waals surface area contributed by atoms with Crippen LogP contribution < -0.4 is 4.74 Å². The summed E-state index contributed by atoms with van der Waals surface area (Å²) in [5.41, 5.74) is 0. The lowest BCUT2D eigenvalue weighted by molar-refractivity contribution is 0.303. The summed E-state index contributed by atoms with van der Waals surface area (Å²) in [5, 5.41) is 9.24. The van der Waals surface area contributed by atoms with Crippen molar-refractivity contribution in [1.29, 1.82) is 0 Å². The minimum Gasteiger partial charge on any atom is -0.508 e. The highest BCUT2D eigenvalue weighted by Gasteiger charge is 1.96. The standard InChI is InChI=1S/C26H46O2/c1-2-3-4-5-6-7-8-9-10-11-12-13-14-15-16-17-18-19-24-28-26-22-20-25(27)21-23-26/h20-23,27H,2-19,24H2,1H3. The van der Waals surface area contributed by atoms with Crippen molar-refractivity contribution >= 4 is 0 Å². The highest BCUT2D eigenvalue weighted by molar-refractivity contribution is 5.29. The van der Waals surface area contributed by atoms with E-state index in [0.29, 0.717) is 5.75 Å². The predicted octanol–water partition coefficient (Wildman–Crippen LogP) is 8.81. The number of rotatable bonds is 20. The van der Waals surface area contributed by atoms with Crippen molar-refractivity contribution in [3.63, 3.8) is 0 Å². The number of hydrogen-bond acceptors (Lipinski definition) is 2. The van der Waals surface area contributed by atoms with Crippen LogP contribution in [-0.2, 0) is 0 Å². The third kappa shape index (κ3) is 15.8. The lowest BCUT2D eigenvalue weighted by atomic mass is 10.0. The molecule has 1 aromatic rings. The van der Waals surface area contributed by atoms with Crippen LogP contribution in [0.15, 0.2) is 24.3 Å². The second-order valence-corrected chi connectivity index (χ2v) is 8.35. The molecule has 0 aliphatic carbocycles. The van der Waals surface area contributed by atoms with Gasteiger partial charge in [-0.1, -0.05) is 116 Å². The van der Waals surface area contributed by atoms with Gasteiger partial charge in [0.1, 0.15) is 11.5 Å². The molecule has 0 heterocycles. The zero-order valence-electron chi connectivity index (χ0n) is 18.6. The Morgan fingerprint density at radius 3 is 1.29 bits per heavy atom. The van der Waals surface area contributed by atoms with Gasteiger partial charge in [-0.25, -0.2) is 0 Å². The highest BCUT2D eigenvalue weighted by atomic mass is 16.5. The molecule has 0 aliphatic rings. The SMILES string of the molecule is CCCCCCCCCCCCCCCCCCCCOc1ccc(O)cc1. The molecular weight excluding hydrogens is 344 g/mol. The third-order valence-corrected chi connectivity index (χ3v) is 5.60. The molecule has 0 saturated carbocycles. The molecule has 2 nitrogen and oxygen atoms in total. The Morgan fingerprint density at radius 2 is 0.893 bits per heavy atom. The van der Waals surface area contributed by atoms with E-state index < -0.39 is 0 Å². The van der Waals surface area contributed by atoms with Crippen LogP contribution >= 0.6 is 0 Å². The van der Waals surface area contributed by atoms with E-state index in [2.05, 4.69) is 6.92 Å². The van der Waals surface area contributed by atoms with Crippen molar-refractivity contribution in [3.05, 3.63) is 24.3 Å². The van der Waals surface area contributed by atoms with Gasteiger partial charge in [0.2, 0.25) is 0 Å². The van der Waals surface area contributed by atoms with Crippen LogP contribution in [0.2, 0.25) is 0 Å². The summed E-state index contributed by atoms with van der Waals surface area (Å²) >= 11 is 0.